The lowest BCUT2D eigenvalue weighted by Gasteiger charge is -2.18. The predicted molar refractivity (Wildman–Crippen MR) is 123 cm³/mol. The van der Waals surface area contributed by atoms with E-state index in [1.165, 1.54) is 23.5 Å². The van der Waals surface area contributed by atoms with Gasteiger partial charge in [-0.25, -0.2) is 18.4 Å². The first-order valence-corrected chi connectivity index (χ1v) is 11.5. The number of benzene rings is 2. The Bertz CT molecular complexity index is 1120. The lowest BCUT2D eigenvalue weighted by Crippen LogP contribution is -2.27. The summed E-state index contributed by atoms with van der Waals surface area (Å²) in [4.78, 5) is 11.5. The number of anilines is 1. The van der Waals surface area contributed by atoms with Gasteiger partial charge in [-0.1, -0.05) is 12.1 Å². The van der Waals surface area contributed by atoms with Gasteiger partial charge in [-0.05, 0) is 63.5 Å². The van der Waals surface area contributed by atoms with Crippen LogP contribution in [0.3, 0.4) is 0 Å². The van der Waals surface area contributed by atoms with Crippen LogP contribution in [0.4, 0.5) is 5.82 Å². The van der Waals surface area contributed by atoms with Crippen molar-refractivity contribution in [1.82, 2.24) is 19.2 Å². The molecular weight excluding hydrogens is 414 g/mol. The molecule has 0 fully saturated rings. The third-order valence-corrected chi connectivity index (χ3v) is 6.67. The van der Waals surface area contributed by atoms with Crippen LogP contribution in [0, 0.1) is 0 Å². The summed E-state index contributed by atoms with van der Waals surface area (Å²) >= 11 is 0. The van der Waals surface area contributed by atoms with Crippen LogP contribution in [0.5, 0.6) is 5.75 Å². The highest BCUT2D eigenvalue weighted by atomic mass is 32.2. The summed E-state index contributed by atoms with van der Waals surface area (Å²) in [5.74, 6) is 1.76. The van der Waals surface area contributed by atoms with E-state index in [0.717, 1.165) is 36.2 Å². The average molecular weight is 444 g/mol. The van der Waals surface area contributed by atoms with Gasteiger partial charge in [-0.15, -0.1) is 0 Å². The maximum atomic E-state index is 13.0. The molecule has 166 valence electrons. The Morgan fingerprint density at radius 1 is 1.00 bits per heavy atom. The van der Waals surface area contributed by atoms with Crippen molar-refractivity contribution in [2.24, 2.45) is 0 Å². The quantitative estimate of drug-likeness (QED) is 0.482. The Morgan fingerprint density at radius 2 is 1.71 bits per heavy atom. The number of ether oxygens (including phenoxy) is 1. The van der Waals surface area contributed by atoms with Crippen LogP contribution >= 0.6 is 0 Å². The molecule has 1 heterocycles. The van der Waals surface area contributed by atoms with E-state index in [-0.39, 0.29) is 11.4 Å². The second-order valence-corrected chi connectivity index (χ2v) is 9.57. The SMILES string of the molecule is COc1ccc(S(=O)(=O)N(C)Cc2nc(NCCCN(C)C)c3ccccc3n2)cc1. The number of methoxy groups -OCH3 is 1. The van der Waals surface area contributed by atoms with Crippen molar-refractivity contribution in [3.05, 3.63) is 54.4 Å². The normalized spacial score (nSPS) is 11.9. The standard InChI is InChI=1S/C22H29N5O3S/c1-26(2)15-7-14-23-22-19-8-5-6-9-20(19)24-21(25-22)16-27(3)31(28,29)18-12-10-17(30-4)11-13-18/h5-6,8-13H,7,14-16H2,1-4H3,(H,23,24,25). The lowest BCUT2D eigenvalue weighted by atomic mass is 10.2. The van der Waals surface area contributed by atoms with Crippen molar-refractivity contribution >= 4 is 26.7 Å². The summed E-state index contributed by atoms with van der Waals surface area (Å²) in [6, 6.07) is 14.0. The molecule has 0 aliphatic rings. The molecule has 1 N–H and O–H groups in total. The summed E-state index contributed by atoms with van der Waals surface area (Å²) in [6.07, 6.45) is 0.965. The molecule has 0 unspecified atom stereocenters. The van der Waals surface area contributed by atoms with Gasteiger partial charge in [-0.2, -0.15) is 4.31 Å². The van der Waals surface area contributed by atoms with Crippen LogP contribution in [-0.4, -0.2) is 68.9 Å². The third kappa shape index (κ3) is 5.69. The van der Waals surface area contributed by atoms with Crippen molar-refractivity contribution in [1.29, 1.82) is 0 Å². The molecule has 0 aliphatic carbocycles. The Hall–Kier alpha value is -2.75. The number of nitrogens with zero attached hydrogens (tertiary/aromatic N) is 4. The summed E-state index contributed by atoms with van der Waals surface area (Å²) in [5.41, 5.74) is 0.776. The van der Waals surface area contributed by atoms with Crippen LogP contribution in [0.25, 0.3) is 10.9 Å². The molecule has 0 radical (unpaired) electrons. The molecule has 0 saturated heterocycles. The molecule has 8 nitrogen and oxygen atoms in total. The van der Waals surface area contributed by atoms with E-state index in [0.29, 0.717) is 11.6 Å². The van der Waals surface area contributed by atoms with E-state index in [4.69, 9.17) is 4.74 Å². The number of para-hydroxylation sites is 1. The van der Waals surface area contributed by atoms with E-state index in [1.807, 2.05) is 38.4 Å². The largest absolute Gasteiger partial charge is 0.497 e. The summed E-state index contributed by atoms with van der Waals surface area (Å²) in [5, 5.41) is 4.29. The molecule has 0 saturated carbocycles. The molecule has 3 aromatic rings. The predicted octanol–water partition coefficient (Wildman–Crippen LogP) is 2.82. The lowest BCUT2D eigenvalue weighted by molar-refractivity contribution is 0.405. The molecule has 31 heavy (non-hydrogen) atoms. The maximum absolute atomic E-state index is 13.0. The smallest absolute Gasteiger partial charge is 0.243 e. The van der Waals surface area contributed by atoms with Crippen molar-refractivity contribution in [2.75, 3.05) is 46.7 Å². The fourth-order valence-electron chi connectivity index (χ4n) is 3.14. The second-order valence-electron chi connectivity index (χ2n) is 7.53. The molecule has 1 aromatic heterocycles. The highest BCUT2D eigenvalue weighted by molar-refractivity contribution is 7.89. The molecular formula is C22H29N5O3S. The number of rotatable bonds is 10. The van der Waals surface area contributed by atoms with Gasteiger partial charge in [0.25, 0.3) is 0 Å². The van der Waals surface area contributed by atoms with Gasteiger partial charge in [-0.3, -0.25) is 0 Å². The fourth-order valence-corrected chi connectivity index (χ4v) is 4.27. The van der Waals surface area contributed by atoms with Crippen LogP contribution in [0.15, 0.2) is 53.4 Å². The number of hydrogen-bond donors (Lipinski definition) is 1. The first-order valence-electron chi connectivity index (χ1n) is 10.1. The zero-order chi connectivity index (χ0) is 22.4. The van der Waals surface area contributed by atoms with Gasteiger partial charge >= 0.3 is 0 Å². The van der Waals surface area contributed by atoms with E-state index in [2.05, 4.69) is 20.2 Å². The van der Waals surface area contributed by atoms with E-state index < -0.39 is 10.0 Å². The number of hydrogen-bond acceptors (Lipinski definition) is 7. The van der Waals surface area contributed by atoms with E-state index in [1.54, 1.807) is 19.2 Å². The van der Waals surface area contributed by atoms with Gasteiger partial charge < -0.3 is 15.0 Å². The van der Waals surface area contributed by atoms with Crippen LogP contribution in [0.1, 0.15) is 12.2 Å². The Morgan fingerprint density at radius 3 is 2.39 bits per heavy atom. The summed E-state index contributed by atoms with van der Waals surface area (Å²) < 4.78 is 32.3. The van der Waals surface area contributed by atoms with Crippen LogP contribution in [0.2, 0.25) is 0 Å². The Balaban J connectivity index is 1.82. The molecule has 0 atom stereocenters. The molecule has 0 spiro atoms. The molecule has 0 aliphatic heterocycles. The number of fused-ring (bicyclic) bond motifs is 1. The van der Waals surface area contributed by atoms with Gasteiger partial charge in [0.2, 0.25) is 10.0 Å². The zero-order valence-corrected chi connectivity index (χ0v) is 19.2. The maximum Gasteiger partial charge on any atom is 0.243 e. The van der Waals surface area contributed by atoms with Gasteiger partial charge in [0.05, 0.1) is 24.1 Å². The molecule has 3 rings (SSSR count). The Kier molecular flexibility index (Phi) is 7.42. The number of sulfonamides is 1. The molecule has 9 heteroatoms. The van der Waals surface area contributed by atoms with E-state index in [9.17, 15) is 8.42 Å². The van der Waals surface area contributed by atoms with Gasteiger partial charge in [0.15, 0.2) is 0 Å². The number of nitrogens with one attached hydrogen (secondary N) is 1. The minimum Gasteiger partial charge on any atom is -0.497 e. The van der Waals surface area contributed by atoms with Crippen molar-refractivity contribution in [2.45, 2.75) is 17.9 Å². The first kappa shape index (κ1) is 22.9. The number of aromatic nitrogens is 2. The highest BCUT2D eigenvalue weighted by Gasteiger charge is 2.22. The van der Waals surface area contributed by atoms with Gasteiger partial charge in [0.1, 0.15) is 17.4 Å². The molecule has 0 amide bonds. The minimum absolute atomic E-state index is 0.0611. The first-order chi connectivity index (χ1) is 14.8. The monoisotopic (exact) mass is 443 g/mol. The van der Waals surface area contributed by atoms with Crippen LogP contribution < -0.4 is 10.1 Å². The fraction of sp³-hybridized carbons (Fsp3) is 0.364. The van der Waals surface area contributed by atoms with E-state index >= 15 is 0 Å². The second kappa shape index (κ2) is 10.0. The highest BCUT2D eigenvalue weighted by Crippen LogP contribution is 2.23. The molecule has 0 bridgehead atoms. The Labute approximate surface area is 183 Å². The molecule has 2 aromatic carbocycles. The minimum atomic E-state index is -3.69. The topological polar surface area (TPSA) is 87.7 Å². The van der Waals surface area contributed by atoms with Crippen molar-refractivity contribution in [3.8, 4) is 5.75 Å². The zero-order valence-electron chi connectivity index (χ0n) is 18.4. The van der Waals surface area contributed by atoms with Crippen LogP contribution in [-0.2, 0) is 16.6 Å². The third-order valence-electron chi connectivity index (χ3n) is 4.86. The van der Waals surface area contributed by atoms with Crippen molar-refractivity contribution < 1.29 is 13.2 Å². The van der Waals surface area contributed by atoms with Crippen molar-refractivity contribution in [3.63, 3.8) is 0 Å². The summed E-state index contributed by atoms with van der Waals surface area (Å²) in [7, 11) is 3.46. The van der Waals surface area contributed by atoms with Gasteiger partial charge in [0, 0.05) is 19.0 Å². The average Bonchev–Trinajstić information content (AvgIpc) is 2.76. The summed E-state index contributed by atoms with van der Waals surface area (Å²) in [6.45, 7) is 1.79.